The number of esters is 1. The zero-order valence-corrected chi connectivity index (χ0v) is 7.90. The highest BCUT2D eigenvalue weighted by Gasteiger charge is 2.07. The molecule has 0 N–H and O–H groups in total. The summed E-state index contributed by atoms with van der Waals surface area (Å²) in [4.78, 5) is 25.6. The van der Waals surface area contributed by atoms with E-state index in [-0.39, 0.29) is 24.5 Å². The quantitative estimate of drug-likeness (QED) is 0.674. The van der Waals surface area contributed by atoms with E-state index in [1.165, 1.54) is 13.1 Å². The molecule has 1 aromatic rings. The van der Waals surface area contributed by atoms with Crippen molar-refractivity contribution >= 4 is 11.8 Å². The number of ketones is 1. The molecule has 1 aromatic heterocycles. The first-order chi connectivity index (χ1) is 6.70. The van der Waals surface area contributed by atoms with E-state index >= 15 is 0 Å². The Labute approximate surface area is 81.9 Å². The van der Waals surface area contributed by atoms with Crippen molar-refractivity contribution in [3.63, 3.8) is 0 Å². The number of rotatable bonds is 4. The molecule has 0 aliphatic heterocycles. The standard InChI is InChI=1S/C10H11NO3/c1-8(12)5-7-14-10(13)9-4-2-3-6-11-9/h2-4,6H,5,7H2,1H3. The number of pyridine rings is 1. The van der Waals surface area contributed by atoms with Gasteiger partial charge < -0.3 is 4.74 Å². The fourth-order valence-electron chi connectivity index (χ4n) is 0.845. The molecule has 0 fully saturated rings. The average Bonchev–Trinajstić information content (AvgIpc) is 2.18. The van der Waals surface area contributed by atoms with Gasteiger partial charge in [-0.1, -0.05) is 6.07 Å². The van der Waals surface area contributed by atoms with Gasteiger partial charge in [0.15, 0.2) is 0 Å². The summed E-state index contributed by atoms with van der Waals surface area (Å²) in [6.45, 7) is 1.57. The summed E-state index contributed by atoms with van der Waals surface area (Å²) in [6.07, 6.45) is 1.76. The average molecular weight is 193 g/mol. The van der Waals surface area contributed by atoms with Gasteiger partial charge in [-0.15, -0.1) is 0 Å². The molecule has 0 amide bonds. The molecule has 4 heteroatoms. The van der Waals surface area contributed by atoms with Gasteiger partial charge in [0.05, 0.1) is 6.61 Å². The summed E-state index contributed by atoms with van der Waals surface area (Å²) < 4.78 is 4.82. The number of aromatic nitrogens is 1. The van der Waals surface area contributed by atoms with E-state index in [1.807, 2.05) is 0 Å². The van der Waals surface area contributed by atoms with Crippen LogP contribution in [-0.4, -0.2) is 23.3 Å². The second-order valence-corrected chi connectivity index (χ2v) is 2.80. The Morgan fingerprint density at radius 2 is 2.21 bits per heavy atom. The first-order valence-corrected chi connectivity index (χ1v) is 4.28. The molecule has 1 rings (SSSR count). The van der Waals surface area contributed by atoms with Crippen molar-refractivity contribution in [2.24, 2.45) is 0 Å². The number of carbonyl (C=O) groups is 2. The molecule has 1 heterocycles. The Kier molecular flexibility index (Phi) is 3.79. The monoisotopic (exact) mass is 193 g/mol. The molecule has 0 bridgehead atoms. The highest BCUT2D eigenvalue weighted by Crippen LogP contribution is 1.97. The van der Waals surface area contributed by atoms with Crippen LogP contribution in [0.5, 0.6) is 0 Å². The number of hydrogen-bond donors (Lipinski definition) is 0. The zero-order chi connectivity index (χ0) is 10.4. The van der Waals surface area contributed by atoms with Crippen molar-refractivity contribution in [2.75, 3.05) is 6.61 Å². The van der Waals surface area contributed by atoms with Crippen molar-refractivity contribution in [2.45, 2.75) is 13.3 Å². The SMILES string of the molecule is CC(=O)CCOC(=O)c1ccccn1. The van der Waals surface area contributed by atoms with Crippen molar-refractivity contribution in [1.82, 2.24) is 4.98 Å². The molecule has 0 atom stereocenters. The van der Waals surface area contributed by atoms with Gasteiger partial charge in [-0.05, 0) is 19.1 Å². The van der Waals surface area contributed by atoms with Crippen molar-refractivity contribution in [3.8, 4) is 0 Å². The molecule has 0 spiro atoms. The maximum atomic E-state index is 11.2. The van der Waals surface area contributed by atoms with Crippen LogP contribution in [0, 0.1) is 0 Å². The lowest BCUT2D eigenvalue weighted by molar-refractivity contribution is -0.117. The first kappa shape index (κ1) is 10.4. The van der Waals surface area contributed by atoms with Crippen LogP contribution in [-0.2, 0) is 9.53 Å². The van der Waals surface area contributed by atoms with Gasteiger partial charge in [-0.2, -0.15) is 0 Å². The Hall–Kier alpha value is -1.71. The van der Waals surface area contributed by atoms with E-state index < -0.39 is 5.97 Å². The molecule has 74 valence electrons. The largest absolute Gasteiger partial charge is 0.461 e. The van der Waals surface area contributed by atoms with E-state index in [9.17, 15) is 9.59 Å². The van der Waals surface area contributed by atoms with Crippen LogP contribution >= 0.6 is 0 Å². The Morgan fingerprint density at radius 1 is 1.43 bits per heavy atom. The maximum absolute atomic E-state index is 11.2. The minimum absolute atomic E-state index is 0.00109. The lowest BCUT2D eigenvalue weighted by atomic mass is 10.3. The highest BCUT2D eigenvalue weighted by atomic mass is 16.5. The van der Waals surface area contributed by atoms with Gasteiger partial charge in [0.1, 0.15) is 11.5 Å². The van der Waals surface area contributed by atoms with E-state index in [2.05, 4.69) is 4.98 Å². The molecule has 0 aromatic carbocycles. The van der Waals surface area contributed by atoms with Crippen LogP contribution in [0.1, 0.15) is 23.8 Å². The van der Waals surface area contributed by atoms with Gasteiger partial charge in [0.2, 0.25) is 0 Å². The highest BCUT2D eigenvalue weighted by molar-refractivity contribution is 5.87. The molecule has 0 unspecified atom stereocenters. The molecule has 4 nitrogen and oxygen atoms in total. The normalized spacial score (nSPS) is 9.50. The van der Waals surface area contributed by atoms with E-state index in [0.717, 1.165) is 0 Å². The summed E-state index contributed by atoms with van der Waals surface area (Å²) in [6, 6.07) is 4.98. The summed E-state index contributed by atoms with van der Waals surface area (Å²) in [7, 11) is 0. The minimum Gasteiger partial charge on any atom is -0.461 e. The van der Waals surface area contributed by atoms with E-state index in [4.69, 9.17) is 4.74 Å². The summed E-state index contributed by atoms with van der Waals surface area (Å²) in [5, 5.41) is 0. The van der Waals surface area contributed by atoms with Gasteiger partial charge in [0, 0.05) is 12.6 Å². The van der Waals surface area contributed by atoms with Crippen molar-refractivity contribution in [3.05, 3.63) is 30.1 Å². The summed E-state index contributed by atoms with van der Waals surface area (Å²) in [5.41, 5.74) is 0.260. The van der Waals surface area contributed by atoms with Gasteiger partial charge >= 0.3 is 5.97 Å². The lowest BCUT2D eigenvalue weighted by Gasteiger charge is -2.01. The fourth-order valence-corrected chi connectivity index (χ4v) is 0.845. The third-order valence-electron chi connectivity index (χ3n) is 1.56. The Bertz CT molecular complexity index is 321. The molecular formula is C10H11NO3. The number of hydrogen-bond acceptors (Lipinski definition) is 4. The van der Waals surface area contributed by atoms with Crippen LogP contribution in [0.3, 0.4) is 0 Å². The van der Waals surface area contributed by atoms with Crippen molar-refractivity contribution in [1.29, 1.82) is 0 Å². The smallest absolute Gasteiger partial charge is 0.356 e. The molecule has 0 radical (unpaired) electrons. The summed E-state index contributed by atoms with van der Waals surface area (Å²) >= 11 is 0. The van der Waals surface area contributed by atoms with Crippen molar-refractivity contribution < 1.29 is 14.3 Å². The second-order valence-electron chi connectivity index (χ2n) is 2.80. The predicted molar refractivity (Wildman–Crippen MR) is 49.8 cm³/mol. The lowest BCUT2D eigenvalue weighted by Crippen LogP contribution is -2.09. The molecule has 0 saturated carbocycles. The number of carbonyl (C=O) groups excluding carboxylic acids is 2. The minimum atomic E-state index is -0.494. The molecule has 0 aliphatic rings. The van der Waals surface area contributed by atoms with Crippen LogP contribution in [0.2, 0.25) is 0 Å². The number of Topliss-reactive ketones (excluding diaryl/α,β-unsaturated/α-hetero) is 1. The third kappa shape index (κ3) is 3.35. The summed E-state index contributed by atoms with van der Waals surface area (Å²) in [5.74, 6) is -0.495. The van der Waals surface area contributed by atoms with Crippen LogP contribution in [0.15, 0.2) is 24.4 Å². The van der Waals surface area contributed by atoms with Crippen LogP contribution in [0.25, 0.3) is 0 Å². The topological polar surface area (TPSA) is 56.3 Å². The van der Waals surface area contributed by atoms with Crippen LogP contribution < -0.4 is 0 Å². The Balaban J connectivity index is 2.40. The second kappa shape index (κ2) is 5.11. The number of ether oxygens (including phenoxy) is 1. The molecule has 0 aliphatic carbocycles. The Morgan fingerprint density at radius 3 is 2.79 bits per heavy atom. The van der Waals surface area contributed by atoms with Gasteiger partial charge in [-0.3, -0.25) is 4.79 Å². The number of nitrogens with zero attached hydrogens (tertiary/aromatic N) is 1. The first-order valence-electron chi connectivity index (χ1n) is 4.28. The molecule has 0 saturated heterocycles. The van der Waals surface area contributed by atoms with Gasteiger partial charge in [0.25, 0.3) is 0 Å². The molecular weight excluding hydrogens is 182 g/mol. The fraction of sp³-hybridized carbons (Fsp3) is 0.300. The zero-order valence-electron chi connectivity index (χ0n) is 7.90. The molecule has 14 heavy (non-hydrogen) atoms. The predicted octanol–water partition coefficient (Wildman–Crippen LogP) is 1.22. The van der Waals surface area contributed by atoms with Crippen LogP contribution in [0.4, 0.5) is 0 Å². The van der Waals surface area contributed by atoms with E-state index in [0.29, 0.717) is 0 Å². The third-order valence-corrected chi connectivity index (χ3v) is 1.56. The van der Waals surface area contributed by atoms with Gasteiger partial charge in [-0.25, -0.2) is 9.78 Å². The maximum Gasteiger partial charge on any atom is 0.356 e. The van der Waals surface area contributed by atoms with E-state index in [1.54, 1.807) is 18.2 Å².